The van der Waals surface area contributed by atoms with Crippen LogP contribution in [0.4, 0.5) is 0 Å². The van der Waals surface area contributed by atoms with E-state index in [0.29, 0.717) is 19.6 Å². The summed E-state index contributed by atoms with van der Waals surface area (Å²) in [7, 11) is 0. The number of carbonyl (C=O) groups excluding carboxylic acids is 1. The highest BCUT2D eigenvalue weighted by molar-refractivity contribution is 5.74. The first-order valence-corrected chi connectivity index (χ1v) is 7.24. The fourth-order valence-corrected chi connectivity index (χ4v) is 2.94. The first-order valence-electron chi connectivity index (χ1n) is 7.24. The molecule has 21 heavy (non-hydrogen) atoms. The van der Waals surface area contributed by atoms with Crippen LogP contribution in [-0.2, 0) is 16.1 Å². The van der Waals surface area contributed by atoms with Gasteiger partial charge in [-0.25, -0.2) is 0 Å². The Labute approximate surface area is 125 Å². The van der Waals surface area contributed by atoms with Gasteiger partial charge in [0.1, 0.15) is 0 Å². The number of piperazine rings is 1. The smallest absolute Gasteiger partial charge is 0.305 e. The van der Waals surface area contributed by atoms with Crippen molar-refractivity contribution < 1.29 is 14.7 Å². The van der Waals surface area contributed by atoms with Gasteiger partial charge < -0.3 is 10.0 Å². The normalized spacial score (nSPS) is 23.0. The van der Waals surface area contributed by atoms with Gasteiger partial charge in [-0.05, 0) is 12.5 Å². The number of carboxylic acids is 1. The zero-order chi connectivity index (χ0) is 15.4. The minimum Gasteiger partial charge on any atom is -0.481 e. The summed E-state index contributed by atoms with van der Waals surface area (Å²) in [6.45, 7) is 5.44. The first-order chi connectivity index (χ1) is 9.97. The van der Waals surface area contributed by atoms with Crippen LogP contribution >= 0.6 is 0 Å². The van der Waals surface area contributed by atoms with E-state index < -0.39 is 5.97 Å². The Hall–Kier alpha value is -1.88. The third-order valence-corrected chi connectivity index (χ3v) is 4.01. The second-order valence-corrected chi connectivity index (χ2v) is 5.68. The Kier molecular flexibility index (Phi) is 4.96. The molecule has 1 amide bonds. The van der Waals surface area contributed by atoms with Crippen LogP contribution in [0.2, 0.25) is 0 Å². The van der Waals surface area contributed by atoms with Gasteiger partial charge in [0.15, 0.2) is 0 Å². The first kappa shape index (κ1) is 15.5. The molecule has 114 valence electrons. The molecule has 2 rings (SSSR count). The summed E-state index contributed by atoms with van der Waals surface area (Å²) >= 11 is 0. The molecule has 0 unspecified atom stereocenters. The van der Waals surface area contributed by atoms with E-state index in [1.54, 1.807) is 4.90 Å². The predicted molar refractivity (Wildman–Crippen MR) is 79.7 cm³/mol. The van der Waals surface area contributed by atoms with Crippen molar-refractivity contribution in [3.63, 3.8) is 0 Å². The van der Waals surface area contributed by atoms with E-state index in [0.717, 1.165) is 5.56 Å². The molecule has 0 saturated carbocycles. The van der Waals surface area contributed by atoms with Crippen molar-refractivity contribution >= 4 is 11.9 Å². The molecule has 0 aliphatic carbocycles. The summed E-state index contributed by atoms with van der Waals surface area (Å²) in [4.78, 5) is 26.7. The van der Waals surface area contributed by atoms with Gasteiger partial charge in [-0.3, -0.25) is 14.5 Å². The average molecular weight is 290 g/mol. The molecule has 0 radical (unpaired) electrons. The molecule has 1 aliphatic rings. The third-order valence-electron chi connectivity index (χ3n) is 4.01. The van der Waals surface area contributed by atoms with Crippen molar-refractivity contribution in [3.8, 4) is 0 Å². The summed E-state index contributed by atoms with van der Waals surface area (Å²) in [6, 6.07) is 10.0. The van der Waals surface area contributed by atoms with E-state index in [2.05, 4.69) is 4.90 Å². The van der Waals surface area contributed by atoms with E-state index in [1.165, 1.54) is 6.92 Å². The number of amides is 1. The molecule has 2 atom stereocenters. The standard InChI is InChI=1S/C16H22N2O3/c1-12-9-17(13(2)19)11-15(8-16(20)21)18(12)10-14-6-4-3-5-7-14/h3-7,12,15H,8-11H2,1-2H3,(H,20,21)/t12-,15+/m1/s1. The van der Waals surface area contributed by atoms with Crippen molar-refractivity contribution in [1.29, 1.82) is 0 Å². The van der Waals surface area contributed by atoms with E-state index in [-0.39, 0.29) is 24.4 Å². The van der Waals surface area contributed by atoms with Crippen molar-refractivity contribution in [2.24, 2.45) is 0 Å². The van der Waals surface area contributed by atoms with Gasteiger partial charge in [0.05, 0.1) is 6.42 Å². The number of carboxylic acid groups (broad SMARTS) is 1. The number of rotatable bonds is 4. The molecule has 5 heteroatoms. The monoisotopic (exact) mass is 290 g/mol. The maximum absolute atomic E-state index is 11.6. The summed E-state index contributed by atoms with van der Waals surface area (Å²) in [5.41, 5.74) is 1.16. The van der Waals surface area contributed by atoms with Crippen molar-refractivity contribution in [3.05, 3.63) is 35.9 Å². The summed E-state index contributed by atoms with van der Waals surface area (Å²) in [6.07, 6.45) is 0.0565. The fraction of sp³-hybridized carbons (Fsp3) is 0.500. The highest BCUT2D eigenvalue weighted by Gasteiger charge is 2.34. The molecular weight excluding hydrogens is 268 g/mol. The van der Waals surface area contributed by atoms with Crippen LogP contribution in [0.3, 0.4) is 0 Å². The Bertz CT molecular complexity index is 504. The minimum absolute atomic E-state index is 0.0107. The summed E-state index contributed by atoms with van der Waals surface area (Å²) in [5, 5.41) is 9.13. The van der Waals surface area contributed by atoms with Crippen molar-refractivity contribution in [1.82, 2.24) is 9.80 Å². The van der Waals surface area contributed by atoms with Gasteiger partial charge >= 0.3 is 5.97 Å². The summed E-state index contributed by atoms with van der Waals surface area (Å²) in [5.74, 6) is -0.813. The fourth-order valence-electron chi connectivity index (χ4n) is 2.94. The Morgan fingerprint density at radius 1 is 1.24 bits per heavy atom. The zero-order valence-corrected chi connectivity index (χ0v) is 12.5. The van der Waals surface area contributed by atoms with Gasteiger partial charge in [-0.2, -0.15) is 0 Å². The number of aliphatic carboxylic acids is 1. The molecule has 1 N–H and O–H groups in total. The van der Waals surface area contributed by atoms with Crippen LogP contribution in [0, 0.1) is 0 Å². The third kappa shape index (κ3) is 4.04. The lowest BCUT2D eigenvalue weighted by molar-refractivity contribution is -0.142. The second-order valence-electron chi connectivity index (χ2n) is 5.68. The zero-order valence-electron chi connectivity index (χ0n) is 12.5. The van der Waals surface area contributed by atoms with Gasteiger partial charge in [0.25, 0.3) is 0 Å². The molecule has 0 bridgehead atoms. The number of benzene rings is 1. The van der Waals surface area contributed by atoms with Crippen LogP contribution in [0.25, 0.3) is 0 Å². The molecule has 1 fully saturated rings. The molecule has 0 spiro atoms. The number of carbonyl (C=O) groups is 2. The van der Waals surface area contributed by atoms with E-state index in [4.69, 9.17) is 5.11 Å². The lowest BCUT2D eigenvalue weighted by Crippen LogP contribution is -2.58. The van der Waals surface area contributed by atoms with Gasteiger partial charge in [-0.15, -0.1) is 0 Å². The molecule has 0 aromatic heterocycles. The van der Waals surface area contributed by atoms with Gasteiger partial charge in [0, 0.05) is 38.6 Å². The molecule has 1 saturated heterocycles. The molecule has 1 heterocycles. The van der Waals surface area contributed by atoms with Crippen LogP contribution in [0.15, 0.2) is 30.3 Å². The van der Waals surface area contributed by atoms with E-state index in [1.807, 2.05) is 37.3 Å². The second kappa shape index (κ2) is 6.72. The van der Waals surface area contributed by atoms with Crippen molar-refractivity contribution in [2.45, 2.75) is 38.9 Å². The number of nitrogens with zero attached hydrogens (tertiary/aromatic N) is 2. The predicted octanol–water partition coefficient (Wildman–Crippen LogP) is 1.58. The Morgan fingerprint density at radius 2 is 1.90 bits per heavy atom. The lowest BCUT2D eigenvalue weighted by Gasteiger charge is -2.45. The van der Waals surface area contributed by atoms with Crippen LogP contribution in [-0.4, -0.2) is 52.0 Å². The molecule has 5 nitrogen and oxygen atoms in total. The largest absolute Gasteiger partial charge is 0.481 e. The van der Waals surface area contributed by atoms with Crippen LogP contribution < -0.4 is 0 Å². The van der Waals surface area contributed by atoms with Gasteiger partial charge in [0.2, 0.25) is 5.91 Å². The molecule has 1 aromatic carbocycles. The van der Waals surface area contributed by atoms with Crippen molar-refractivity contribution in [2.75, 3.05) is 13.1 Å². The average Bonchev–Trinajstić information content (AvgIpc) is 2.42. The van der Waals surface area contributed by atoms with E-state index in [9.17, 15) is 9.59 Å². The minimum atomic E-state index is -0.823. The topological polar surface area (TPSA) is 60.9 Å². The molecule has 1 aromatic rings. The SMILES string of the molecule is CC(=O)N1C[C@H](CC(=O)O)N(Cc2ccccc2)[C@H](C)C1. The van der Waals surface area contributed by atoms with Crippen LogP contribution in [0.1, 0.15) is 25.8 Å². The molecule has 1 aliphatic heterocycles. The number of hydrogen-bond acceptors (Lipinski definition) is 3. The van der Waals surface area contributed by atoms with E-state index >= 15 is 0 Å². The van der Waals surface area contributed by atoms with Crippen LogP contribution in [0.5, 0.6) is 0 Å². The highest BCUT2D eigenvalue weighted by Crippen LogP contribution is 2.21. The quantitative estimate of drug-likeness (QED) is 0.914. The Balaban J connectivity index is 2.15. The van der Waals surface area contributed by atoms with Gasteiger partial charge in [-0.1, -0.05) is 30.3 Å². The highest BCUT2D eigenvalue weighted by atomic mass is 16.4. The lowest BCUT2D eigenvalue weighted by atomic mass is 10.0. The maximum atomic E-state index is 11.6. The maximum Gasteiger partial charge on any atom is 0.305 e. The number of hydrogen-bond donors (Lipinski definition) is 1. The molecular formula is C16H22N2O3. The summed E-state index contributed by atoms with van der Waals surface area (Å²) < 4.78 is 0. The Morgan fingerprint density at radius 3 is 2.48 bits per heavy atom.